The Morgan fingerprint density at radius 2 is 2.11 bits per heavy atom. The van der Waals surface area contributed by atoms with E-state index < -0.39 is 0 Å². The molecule has 0 fully saturated rings. The number of rotatable bonds is 5. The lowest BCUT2D eigenvalue weighted by atomic mass is 9.79. The highest BCUT2D eigenvalue weighted by molar-refractivity contribution is 5.97. The van der Waals surface area contributed by atoms with E-state index in [1.807, 2.05) is 6.92 Å². The van der Waals surface area contributed by atoms with Gasteiger partial charge in [0, 0.05) is 13.0 Å². The van der Waals surface area contributed by atoms with Crippen LogP contribution in [-0.4, -0.2) is 22.7 Å². The molecule has 0 saturated heterocycles. The Balaban J connectivity index is 2.93. The van der Waals surface area contributed by atoms with Gasteiger partial charge in [-0.25, -0.2) is 0 Å². The lowest BCUT2D eigenvalue weighted by Gasteiger charge is -2.26. The van der Waals surface area contributed by atoms with E-state index in [-0.39, 0.29) is 11.2 Å². The second-order valence-electron chi connectivity index (χ2n) is 5.77. The zero-order valence-corrected chi connectivity index (χ0v) is 12.3. The standard InChI is InChI=1S/C14H24N2O2/c1-7-16-13(12(18-6)9-15-16)11(17)8-10(2)14(3,4)5/h9-10H,7-8H2,1-6H3. The Morgan fingerprint density at radius 1 is 1.50 bits per heavy atom. The van der Waals surface area contributed by atoms with Gasteiger partial charge in [0.25, 0.3) is 0 Å². The van der Waals surface area contributed by atoms with Crippen molar-refractivity contribution in [3.05, 3.63) is 11.9 Å². The summed E-state index contributed by atoms with van der Waals surface area (Å²) in [5.74, 6) is 0.992. The number of ether oxygens (including phenoxy) is 1. The number of carbonyl (C=O) groups excluding carboxylic acids is 1. The van der Waals surface area contributed by atoms with Gasteiger partial charge in [-0.2, -0.15) is 5.10 Å². The van der Waals surface area contributed by atoms with Gasteiger partial charge in [-0.15, -0.1) is 0 Å². The molecule has 0 amide bonds. The number of nitrogens with zero attached hydrogens (tertiary/aromatic N) is 2. The monoisotopic (exact) mass is 252 g/mol. The molecule has 18 heavy (non-hydrogen) atoms. The summed E-state index contributed by atoms with van der Waals surface area (Å²) >= 11 is 0. The third-order valence-electron chi connectivity index (χ3n) is 3.56. The molecule has 1 heterocycles. The molecule has 102 valence electrons. The zero-order chi connectivity index (χ0) is 13.9. The highest BCUT2D eigenvalue weighted by atomic mass is 16.5. The quantitative estimate of drug-likeness (QED) is 0.756. The zero-order valence-electron chi connectivity index (χ0n) is 12.3. The third-order valence-corrected chi connectivity index (χ3v) is 3.56. The highest BCUT2D eigenvalue weighted by Crippen LogP contribution is 2.30. The first kappa shape index (κ1) is 14.7. The summed E-state index contributed by atoms with van der Waals surface area (Å²) in [6, 6.07) is 0. The van der Waals surface area contributed by atoms with Crippen molar-refractivity contribution >= 4 is 5.78 Å². The van der Waals surface area contributed by atoms with E-state index in [0.717, 1.165) is 0 Å². The van der Waals surface area contributed by atoms with Crippen molar-refractivity contribution in [1.29, 1.82) is 0 Å². The average molecular weight is 252 g/mol. The van der Waals surface area contributed by atoms with E-state index in [1.165, 1.54) is 0 Å². The summed E-state index contributed by atoms with van der Waals surface area (Å²) in [6.45, 7) is 11.2. The first-order valence-corrected chi connectivity index (χ1v) is 6.44. The smallest absolute Gasteiger partial charge is 0.184 e. The van der Waals surface area contributed by atoms with Crippen LogP contribution >= 0.6 is 0 Å². The van der Waals surface area contributed by atoms with Gasteiger partial charge < -0.3 is 4.74 Å². The Morgan fingerprint density at radius 3 is 2.56 bits per heavy atom. The number of aromatic nitrogens is 2. The topological polar surface area (TPSA) is 44.1 Å². The molecule has 0 spiro atoms. The third kappa shape index (κ3) is 3.12. The van der Waals surface area contributed by atoms with Crippen LogP contribution in [0.4, 0.5) is 0 Å². The van der Waals surface area contributed by atoms with Crippen LogP contribution in [0.25, 0.3) is 0 Å². The van der Waals surface area contributed by atoms with Crippen LogP contribution in [-0.2, 0) is 6.54 Å². The van der Waals surface area contributed by atoms with Gasteiger partial charge in [0.15, 0.2) is 11.5 Å². The van der Waals surface area contributed by atoms with Gasteiger partial charge in [-0.3, -0.25) is 9.48 Å². The SMILES string of the molecule is CCn1ncc(OC)c1C(=O)CC(C)C(C)(C)C. The second-order valence-corrected chi connectivity index (χ2v) is 5.77. The molecule has 1 aromatic rings. The fraction of sp³-hybridized carbons (Fsp3) is 0.714. The Bertz CT molecular complexity index is 394. The van der Waals surface area contributed by atoms with E-state index in [2.05, 4.69) is 32.8 Å². The minimum Gasteiger partial charge on any atom is -0.493 e. The largest absolute Gasteiger partial charge is 0.493 e. The fourth-order valence-corrected chi connectivity index (χ4v) is 1.72. The molecule has 0 aliphatic heterocycles. The summed E-state index contributed by atoms with van der Waals surface area (Å²) in [4.78, 5) is 12.4. The van der Waals surface area contributed by atoms with Gasteiger partial charge in [-0.1, -0.05) is 27.7 Å². The first-order chi connectivity index (χ1) is 8.31. The molecule has 0 aliphatic rings. The van der Waals surface area contributed by atoms with E-state index in [4.69, 9.17) is 4.74 Å². The molecule has 0 aliphatic carbocycles. The summed E-state index contributed by atoms with van der Waals surface area (Å²) in [5.41, 5.74) is 0.719. The molecule has 1 aromatic heterocycles. The summed E-state index contributed by atoms with van der Waals surface area (Å²) in [7, 11) is 1.57. The molecule has 0 bridgehead atoms. The molecule has 1 atom stereocenters. The Kier molecular flexibility index (Phi) is 4.54. The minimum atomic E-state index is 0.105. The lowest BCUT2D eigenvalue weighted by Crippen LogP contribution is -2.22. The molecule has 0 radical (unpaired) electrons. The molecule has 4 heteroatoms. The van der Waals surface area contributed by atoms with Crippen LogP contribution in [0.15, 0.2) is 6.20 Å². The van der Waals surface area contributed by atoms with Gasteiger partial charge >= 0.3 is 0 Å². The van der Waals surface area contributed by atoms with Crippen LogP contribution in [0.1, 0.15) is 51.5 Å². The molecule has 0 N–H and O–H groups in total. The predicted octanol–water partition coefficient (Wildman–Crippen LogP) is 3.17. The Labute approximate surface area is 109 Å². The summed E-state index contributed by atoms with van der Waals surface area (Å²) in [6.07, 6.45) is 2.13. The van der Waals surface area contributed by atoms with Crippen molar-refractivity contribution < 1.29 is 9.53 Å². The van der Waals surface area contributed by atoms with Crippen LogP contribution in [0.2, 0.25) is 0 Å². The van der Waals surface area contributed by atoms with Crippen LogP contribution in [0.3, 0.4) is 0 Å². The number of hydrogen-bond donors (Lipinski definition) is 0. The van der Waals surface area contributed by atoms with Gasteiger partial charge in [0.05, 0.1) is 13.3 Å². The van der Waals surface area contributed by atoms with Crippen LogP contribution in [0, 0.1) is 11.3 Å². The van der Waals surface area contributed by atoms with E-state index in [1.54, 1.807) is 18.0 Å². The van der Waals surface area contributed by atoms with Crippen molar-refractivity contribution in [3.63, 3.8) is 0 Å². The van der Waals surface area contributed by atoms with Gasteiger partial charge in [-0.05, 0) is 18.3 Å². The molecular formula is C14H24N2O2. The molecule has 1 unspecified atom stereocenters. The number of Topliss-reactive ketones (excluding diaryl/α,β-unsaturated/α-hetero) is 1. The maximum absolute atomic E-state index is 12.4. The first-order valence-electron chi connectivity index (χ1n) is 6.44. The predicted molar refractivity (Wildman–Crippen MR) is 72.0 cm³/mol. The number of aryl methyl sites for hydroxylation is 1. The number of ketones is 1. The summed E-state index contributed by atoms with van der Waals surface area (Å²) in [5, 5.41) is 4.17. The molecular weight excluding hydrogens is 228 g/mol. The molecule has 1 rings (SSSR count). The van der Waals surface area contributed by atoms with Crippen molar-refractivity contribution in [3.8, 4) is 5.75 Å². The van der Waals surface area contributed by atoms with Crippen molar-refractivity contribution in [1.82, 2.24) is 9.78 Å². The normalized spacial score (nSPS) is 13.4. The van der Waals surface area contributed by atoms with Crippen molar-refractivity contribution in [2.75, 3.05) is 7.11 Å². The number of methoxy groups -OCH3 is 1. The van der Waals surface area contributed by atoms with E-state index in [0.29, 0.717) is 30.3 Å². The van der Waals surface area contributed by atoms with Crippen molar-refractivity contribution in [2.45, 2.75) is 47.6 Å². The average Bonchev–Trinajstić information content (AvgIpc) is 2.70. The minimum absolute atomic E-state index is 0.105. The van der Waals surface area contributed by atoms with Gasteiger partial charge in [0.2, 0.25) is 0 Å². The second kappa shape index (κ2) is 5.55. The van der Waals surface area contributed by atoms with E-state index >= 15 is 0 Å². The molecule has 0 aromatic carbocycles. The fourth-order valence-electron chi connectivity index (χ4n) is 1.72. The van der Waals surface area contributed by atoms with Crippen molar-refractivity contribution in [2.24, 2.45) is 11.3 Å². The molecule has 0 saturated carbocycles. The van der Waals surface area contributed by atoms with E-state index in [9.17, 15) is 4.79 Å². The lowest BCUT2D eigenvalue weighted by molar-refractivity contribution is 0.0913. The maximum atomic E-state index is 12.4. The highest BCUT2D eigenvalue weighted by Gasteiger charge is 2.26. The van der Waals surface area contributed by atoms with Gasteiger partial charge in [0.1, 0.15) is 5.69 Å². The van der Waals surface area contributed by atoms with Crippen LogP contribution in [0.5, 0.6) is 5.75 Å². The molecule has 4 nitrogen and oxygen atoms in total. The number of carbonyl (C=O) groups is 1. The number of hydrogen-bond acceptors (Lipinski definition) is 3. The maximum Gasteiger partial charge on any atom is 0.184 e. The van der Waals surface area contributed by atoms with Crippen LogP contribution < -0.4 is 4.74 Å². The summed E-state index contributed by atoms with van der Waals surface area (Å²) < 4.78 is 6.92. The Hall–Kier alpha value is -1.32.